The molecule has 1 aromatic rings. The SMILES string of the molecule is Cc1cc(C)cc(NC(=O)CNC(C)C)c1. The van der Waals surface area contributed by atoms with Crippen LogP contribution in [0.5, 0.6) is 0 Å². The first-order valence-electron chi connectivity index (χ1n) is 5.59. The highest BCUT2D eigenvalue weighted by atomic mass is 16.1. The largest absolute Gasteiger partial charge is 0.325 e. The summed E-state index contributed by atoms with van der Waals surface area (Å²) in [6, 6.07) is 6.35. The number of rotatable bonds is 4. The molecular weight excluding hydrogens is 200 g/mol. The molecular formula is C13H20N2O. The number of hydrogen-bond donors (Lipinski definition) is 2. The third kappa shape index (κ3) is 4.45. The number of anilines is 1. The van der Waals surface area contributed by atoms with Gasteiger partial charge in [-0.15, -0.1) is 0 Å². The van der Waals surface area contributed by atoms with Crippen LogP contribution in [0, 0.1) is 13.8 Å². The van der Waals surface area contributed by atoms with E-state index in [1.54, 1.807) is 0 Å². The second-order valence-corrected chi connectivity index (χ2v) is 4.46. The van der Waals surface area contributed by atoms with Crippen LogP contribution in [-0.2, 0) is 4.79 Å². The van der Waals surface area contributed by atoms with Crippen LogP contribution in [0.1, 0.15) is 25.0 Å². The minimum atomic E-state index is -0.00120. The van der Waals surface area contributed by atoms with Gasteiger partial charge in [0, 0.05) is 11.7 Å². The Morgan fingerprint density at radius 1 is 1.19 bits per heavy atom. The van der Waals surface area contributed by atoms with Gasteiger partial charge in [-0.2, -0.15) is 0 Å². The van der Waals surface area contributed by atoms with Crippen LogP contribution in [0.4, 0.5) is 5.69 Å². The van der Waals surface area contributed by atoms with Gasteiger partial charge in [-0.25, -0.2) is 0 Å². The summed E-state index contributed by atoms with van der Waals surface area (Å²) in [6.07, 6.45) is 0. The highest BCUT2D eigenvalue weighted by Gasteiger charge is 2.03. The predicted octanol–water partition coefficient (Wildman–Crippen LogP) is 2.24. The Balaban J connectivity index is 2.56. The van der Waals surface area contributed by atoms with Gasteiger partial charge in [0.05, 0.1) is 6.54 Å². The van der Waals surface area contributed by atoms with E-state index in [-0.39, 0.29) is 5.91 Å². The molecule has 0 aliphatic carbocycles. The molecule has 88 valence electrons. The van der Waals surface area contributed by atoms with E-state index in [0.717, 1.165) is 16.8 Å². The fraction of sp³-hybridized carbons (Fsp3) is 0.462. The molecule has 0 saturated heterocycles. The van der Waals surface area contributed by atoms with Crippen LogP contribution in [0.25, 0.3) is 0 Å². The van der Waals surface area contributed by atoms with E-state index in [1.165, 1.54) is 0 Å². The summed E-state index contributed by atoms with van der Waals surface area (Å²) in [5.41, 5.74) is 3.19. The molecule has 0 heterocycles. The average molecular weight is 220 g/mol. The van der Waals surface area contributed by atoms with Crippen LogP contribution >= 0.6 is 0 Å². The molecule has 1 aromatic carbocycles. The van der Waals surface area contributed by atoms with E-state index in [1.807, 2.05) is 39.8 Å². The summed E-state index contributed by atoms with van der Waals surface area (Å²) in [5, 5.41) is 5.96. The molecule has 0 aliphatic rings. The first kappa shape index (κ1) is 12.7. The molecule has 2 N–H and O–H groups in total. The Kier molecular flexibility index (Phi) is 4.50. The first-order valence-corrected chi connectivity index (χ1v) is 5.59. The van der Waals surface area contributed by atoms with Crippen molar-refractivity contribution in [3.63, 3.8) is 0 Å². The van der Waals surface area contributed by atoms with Gasteiger partial charge in [-0.3, -0.25) is 4.79 Å². The maximum Gasteiger partial charge on any atom is 0.238 e. The van der Waals surface area contributed by atoms with Crippen LogP contribution in [0.3, 0.4) is 0 Å². The average Bonchev–Trinajstić information content (AvgIpc) is 2.12. The lowest BCUT2D eigenvalue weighted by Gasteiger charge is -2.10. The van der Waals surface area contributed by atoms with Crippen molar-refractivity contribution in [2.75, 3.05) is 11.9 Å². The summed E-state index contributed by atoms with van der Waals surface area (Å²) in [4.78, 5) is 11.6. The minimum Gasteiger partial charge on any atom is -0.325 e. The smallest absolute Gasteiger partial charge is 0.238 e. The van der Waals surface area contributed by atoms with Gasteiger partial charge < -0.3 is 10.6 Å². The molecule has 0 aromatic heterocycles. The number of aryl methyl sites for hydroxylation is 2. The summed E-state index contributed by atoms with van der Waals surface area (Å²) < 4.78 is 0. The molecule has 0 atom stereocenters. The third-order valence-corrected chi connectivity index (χ3v) is 2.18. The van der Waals surface area contributed by atoms with Gasteiger partial charge in [-0.1, -0.05) is 19.9 Å². The van der Waals surface area contributed by atoms with Crippen LogP contribution < -0.4 is 10.6 Å². The van der Waals surface area contributed by atoms with Crippen molar-refractivity contribution in [3.05, 3.63) is 29.3 Å². The van der Waals surface area contributed by atoms with Crippen molar-refractivity contribution < 1.29 is 4.79 Å². The highest BCUT2D eigenvalue weighted by Crippen LogP contribution is 2.13. The molecule has 0 radical (unpaired) electrons. The van der Waals surface area contributed by atoms with Gasteiger partial charge in [0.1, 0.15) is 0 Å². The summed E-state index contributed by atoms with van der Waals surface area (Å²) in [5.74, 6) is -0.00120. The van der Waals surface area contributed by atoms with E-state index < -0.39 is 0 Å². The van der Waals surface area contributed by atoms with E-state index in [9.17, 15) is 4.79 Å². The van der Waals surface area contributed by atoms with Crippen molar-refractivity contribution in [1.29, 1.82) is 0 Å². The lowest BCUT2D eigenvalue weighted by molar-refractivity contribution is -0.115. The summed E-state index contributed by atoms with van der Waals surface area (Å²) in [6.45, 7) is 8.43. The fourth-order valence-electron chi connectivity index (χ4n) is 1.55. The summed E-state index contributed by atoms with van der Waals surface area (Å²) >= 11 is 0. The molecule has 16 heavy (non-hydrogen) atoms. The molecule has 0 bridgehead atoms. The molecule has 0 aliphatic heterocycles. The zero-order valence-electron chi connectivity index (χ0n) is 10.4. The predicted molar refractivity (Wildman–Crippen MR) is 67.7 cm³/mol. The zero-order valence-corrected chi connectivity index (χ0v) is 10.4. The van der Waals surface area contributed by atoms with E-state index in [2.05, 4.69) is 16.7 Å². The van der Waals surface area contributed by atoms with Gasteiger partial charge in [0.15, 0.2) is 0 Å². The topological polar surface area (TPSA) is 41.1 Å². The van der Waals surface area contributed by atoms with Crippen molar-refractivity contribution >= 4 is 11.6 Å². The number of nitrogens with one attached hydrogen (secondary N) is 2. The first-order chi connectivity index (χ1) is 7.47. The van der Waals surface area contributed by atoms with Crippen LogP contribution in [0.2, 0.25) is 0 Å². The van der Waals surface area contributed by atoms with E-state index in [0.29, 0.717) is 12.6 Å². The van der Waals surface area contributed by atoms with Gasteiger partial charge >= 0.3 is 0 Å². The van der Waals surface area contributed by atoms with Gasteiger partial charge in [-0.05, 0) is 37.1 Å². The fourth-order valence-corrected chi connectivity index (χ4v) is 1.55. The molecule has 3 nitrogen and oxygen atoms in total. The normalized spacial score (nSPS) is 10.6. The van der Waals surface area contributed by atoms with Crippen molar-refractivity contribution in [2.24, 2.45) is 0 Å². The highest BCUT2D eigenvalue weighted by molar-refractivity contribution is 5.92. The van der Waals surface area contributed by atoms with Crippen molar-refractivity contribution in [2.45, 2.75) is 33.7 Å². The second kappa shape index (κ2) is 5.66. The molecule has 0 unspecified atom stereocenters. The third-order valence-electron chi connectivity index (χ3n) is 2.18. The van der Waals surface area contributed by atoms with E-state index in [4.69, 9.17) is 0 Å². The minimum absolute atomic E-state index is 0.00120. The Morgan fingerprint density at radius 2 is 1.75 bits per heavy atom. The number of carbonyl (C=O) groups excluding carboxylic acids is 1. The van der Waals surface area contributed by atoms with Gasteiger partial charge in [0.2, 0.25) is 5.91 Å². The van der Waals surface area contributed by atoms with Gasteiger partial charge in [0.25, 0.3) is 0 Å². The maximum atomic E-state index is 11.6. The quantitative estimate of drug-likeness (QED) is 0.817. The Morgan fingerprint density at radius 3 is 2.25 bits per heavy atom. The lowest BCUT2D eigenvalue weighted by atomic mass is 10.1. The molecule has 0 spiro atoms. The summed E-state index contributed by atoms with van der Waals surface area (Å²) in [7, 11) is 0. The number of hydrogen-bond acceptors (Lipinski definition) is 2. The van der Waals surface area contributed by atoms with Crippen molar-refractivity contribution in [3.8, 4) is 0 Å². The number of benzene rings is 1. The number of amides is 1. The molecule has 0 saturated carbocycles. The monoisotopic (exact) mass is 220 g/mol. The maximum absolute atomic E-state index is 11.6. The molecule has 1 amide bonds. The van der Waals surface area contributed by atoms with E-state index >= 15 is 0 Å². The lowest BCUT2D eigenvalue weighted by Crippen LogP contribution is -2.32. The van der Waals surface area contributed by atoms with Crippen molar-refractivity contribution in [1.82, 2.24) is 5.32 Å². The molecule has 0 fully saturated rings. The standard InChI is InChI=1S/C13H20N2O/c1-9(2)14-8-13(16)15-12-6-10(3)5-11(4)7-12/h5-7,9,14H,8H2,1-4H3,(H,15,16). The molecule has 3 heteroatoms. The van der Waals surface area contributed by atoms with Crippen LogP contribution in [-0.4, -0.2) is 18.5 Å². The zero-order chi connectivity index (χ0) is 12.1. The Bertz CT molecular complexity index is 352. The molecule has 1 rings (SSSR count). The number of carbonyl (C=O) groups is 1. The van der Waals surface area contributed by atoms with Crippen LogP contribution in [0.15, 0.2) is 18.2 Å². The second-order valence-electron chi connectivity index (χ2n) is 4.46. The Hall–Kier alpha value is -1.35. The Labute approximate surface area is 97.2 Å².